The first kappa shape index (κ1) is 24.1. The minimum atomic E-state index is -5.22. The van der Waals surface area contributed by atoms with Gasteiger partial charge in [-0.05, 0) is 48.7 Å². The van der Waals surface area contributed by atoms with Crippen molar-refractivity contribution in [3.05, 3.63) is 46.5 Å². The molecule has 0 unspecified atom stereocenters. The Balaban J connectivity index is 1.68. The van der Waals surface area contributed by atoms with Gasteiger partial charge in [0.05, 0.1) is 26.8 Å². The average Bonchev–Trinajstić information content (AvgIpc) is 3.43. The topological polar surface area (TPSA) is 95.9 Å². The van der Waals surface area contributed by atoms with E-state index < -0.39 is 48.3 Å². The van der Waals surface area contributed by atoms with Crippen LogP contribution >= 0.6 is 0 Å². The summed E-state index contributed by atoms with van der Waals surface area (Å²) >= 11 is 0. The highest BCUT2D eigenvalue weighted by molar-refractivity contribution is 5.83. The molecule has 3 aliphatic heterocycles. The number of benzene rings is 2. The van der Waals surface area contributed by atoms with Crippen LogP contribution in [0.25, 0.3) is 0 Å². The summed E-state index contributed by atoms with van der Waals surface area (Å²) in [7, 11) is 2.72. The van der Waals surface area contributed by atoms with Crippen molar-refractivity contribution < 1.29 is 51.5 Å². The molecule has 1 saturated heterocycles. The van der Waals surface area contributed by atoms with Crippen LogP contribution in [-0.4, -0.2) is 55.0 Å². The lowest BCUT2D eigenvalue weighted by Gasteiger charge is -2.54. The number of methoxy groups -OCH3 is 2. The molecule has 9 nitrogen and oxygen atoms in total. The summed E-state index contributed by atoms with van der Waals surface area (Å²) in [6.45, 7) is 2.71. The fourth-order valence-electron chi connectivity index (χ4n) is 6.00. The molecule has 1 fully saturated rings. The number of aliphatic hydroxyl groups is 1. The SMILES string of the molecule is COc1ccc2c(c1OC)CN(C(=O)C(F)(F)F)[C@@H]1c3cc4c(cc3[C@@H]3OC(C)(C)O[C@@H]3[C@@]21O)OCO4. The van der Waals surface area contributed by atoms with E-state index in [1.807, 2.05) is 0 Å². The maximum Gasteiger partial charge on any atom is 0.471 e. The number of ether oxygens (including phenoxy) is 6. The zero-order valence-corrected chi connectivity index (χ0v) is 20.3. The van der Waals surface area contributed by atoms with Crippen LogP contribution in [0.1, 0.15) is 48.2 Å². The summed E-state index contributed by atoms with van der Waals surface area (Å²) in [6.07, 6.45) is -7.28. The summed E-state index contributed by atoms with van der Waals surface area (Å²) in [5.41, 5.74) is -1.05. The Bertz CT molecular complexity index is 1310. The number of halogens is 3. The molecule has 1 aliphatic carbocycles. The molecule has 37 heavy (non-hydrogen) atoms. The molecule has 1 N–H and O–H groups in total. The van der Waals surface area contributed by atoms with E-state index in [1.165, 1.54) is 20.3 Å². The molecule has 3 heterocycles. The lowest BCUT2D eigenvalue weighted by Crippen LogP contribution is -2.61. The van der Waals surface area contributed by atoms with Gasteiger partial charge in [-0.25, -0.2) is 0 Å². The van der Waals surface area contributed by atoms with E-state index in [0.717, 1.165) is 0 Å². The van der Waals surface area contributed by atoms with Gasteiger partial charge in [0.25, 0.3) is 0 Å². The number of alkyl halides is 3. The Morgan fingerprint density at radius 3 is 2.38 bits per heavy atom. The lowest BCUT2D eigenvalue weighted by molar-refractivity contribution is -0.216. The standard InChI is InChI=1S/C25H24F3NO8/c1-23(2)36-19-11-7-16-17(35-10-34-16)8-12(11)20-24(31,21(19)37-23)14-5-6-15(32-3)18(33-4)13(14)9-29(20)22(30)25(26,27)28/h5-8,19-21,31H,9-10H2,1-4H3/t19-,20+,21-,24+/m0/s1. The van der Waals surface area contributed by atoms with Gasteiger partial charge >= 0.3 is 12.1 Å². The number of fused-ring (bicyclic) bond motifs is 9. The molecule has 0 bridgehead atoms. The van der Waals surface area contributed by atoms with Gasteiger partial charge in [0.1, 0.15) is 17.8 Å². The van der Waals surface area contributed by atoms with E-state index >= 15 is 0 Å². The van der Waals surface area contributed by atoms with E-state index in [4.69, 9.17) is 28.4 Å². The number of carbonyl (C=O) groups excluding carboxylic acids is 1. The van der Waals surface area contributed by atoms with Crippen LogP contribution in [0, 0.1) is 0 Å². The van der Waals surface area contributed by atoms with Crippen LogP contribution < -0.4 is 18.9 Å². The van der Waals surface area contributed by atoms with Gasteiger partial charge in [0.15, 0.2) is 28.8 Å². The molecule has 0 radical (unpaired) electrons. The summed E-state index contributed by atoms with van der Waals surface area (Å²) in [4.78, 5) is 13.5. The molecule has 2 aromatic rings. The second kappa shape index (κ2) is 7.65. The maximum absolute atomic E-state index is 14.0. The van der Waals surface area contributed by atoms with Crippen molar-refractivity contribution >= 4 is 5.91 Å². The van der Waals surface area contributed by atoms with Crippen molar-refractivity contribution in [2.24, 2.45) is 0 Å². The van der Waals surface area contributed by atoms with E-state index in [1.54, 1.807) is 32.0 Å². The second-order valence-electron chi connectivity index (χ2n) is 9.80. The van der Waals surface area contributed by atoms with Gasteiger partial charge in [-0.2, -0.15) is 13.2 Å². The zero-order chi connectivity index (χ0) is 26.5. The van der Waals surface area contributed by atoms with Crippen LogP contribution in [-0.2, 0) is 26.4 Å². The molecule has 2 aromatic carbocycles. The highest BCUT2D eigenvalue weighted by Crippen LogP contribution is 2.63. The maximum atomic E-state index is 14.0. The van der Waals surface area contributed by atoms with Crippen LogP contribution in [0.15, 0.2) is 24.3 Å². The van der Waals surface area contributed by atoms with Crippen LogP contribution in [0.2, 0.25) is 0 Å². The van der Waals surface area contributed by atoms with E-state index in [0.29, 0.717) is 16.2 Å². The van der Waals surface area contributed by atoms with Crippen molar-refractivity contribution in [2.45, 2.75) is 56.2 Å². The number of hydrogen-bond acceptors (Lipinski definition) is 8. The zero-order valence-electron chi connectivity index (χ0n) is 20.3. The second-order valence-corrected chi connectivity index (χ2v) is 9.80. The molecular formula is C25H24F3NO8. The van der Waals surface area contributed by atoms with E-state index in [2.05, 4.69) is 0 Å². The fraction of sp³-hybridized carbons (Fsp3) is 0.480. The molecule has 4 atom stereocenters. The Morgan fingerprint density at radius 2 is 1.76 bits per heavy atom. The quantitative estimate of drug-likeness (QED) is 0.640. The number of rotatable bonds is 2. The molecule has 198 valence electrons. The predicted octanol–water partition coefficient (Wildman–Crippen LogP) is 3.47. The molecular weight excluding hydrogens is 499 g/mol. The molecule has 4 aliphatic rings. The minimum Gasteiger partial charge on any atom is -0.493 e. The molecule has 1 amide bonds. The minimum absolute atomic E-state index is 0.0743. The van der Waals surface area contributed by atoms with Crippen molar-refractivity contribution in [2.75, 3.05) is 21.0 Å². The Labute approximate surface area is 209 Å². The summed E-state index contributed by atoms with van der Waals surface area (Å²) in [5, 5.41) is 12.6. The third-order valence-electron chi connectivity index (χ3n) is 7.35. The van der Waals surface area contributed by atoms with Gasteiger partial charge in [0, 0.05) is 5.56 Å². The highest BCUT2D eigenvalue weighted by Gasteiger charge is 2.66. The van der Waals surface area contributed by atoms with Gasteiger partial charge in [-0.3, -0.25) is 4.79 Å². The van der Waals surface area contributed by atoms with Crippen molar-refractivity contribution in [3.8, 4) is 23.0 Å². The third kappa shape index (κ3) is 3.25. The van der Waals surface area contributed by atoms with Crippen molar-refractivity contribution in [1.29, 1.82) is 0 Å². The summed E-state index contributed by atoms with van der Waals surface area (Å²) < 4.78 is 76.1. The highest BCUT2D eigenvalue weighted by atomic mass is 19.4. The monoisotopic (exact) mass is 523 g/mol. The first-order valence-corrected chi connectivity index (χ1v) is 11.5. The van der Waals surface area contributed by atoms with Crippen LogP contribution in [0.3, 0.4) is 0 Å². The molecule has 0 spiro atoms. The van der Waals surface area contributed by atoms with E-state index in [-0.39, 0.29) is 40.7 Å². The van der Waals surface area contributed by atoms with Crippen LogP contribution in [0.4, 0.5) is 13.2 Å². The predicted molar refractivity (Wildman–Crippen MR) is 118 cm³/mol. The fourth-order valence-corrected chi connectivity index (χ4v) is 6.00. The van der Waals surface area contributed by atoms with Gasteiger partial charge in [0.2, 0.25) is 6.79 Å². The first-order chi connectivity index (χ1) is 17.4. The average molecular weight is 523 g/mol. The summed E-state index contributed by atoms with van der Waals surface area (Å²) in [6, 6.07) is 4.73. The summed E-state index contributed by atoms with van der Waals surface area (Å²) in [5.74, 6) is -2.30. The molecule has 0 saturated carbocycles. The number of nitrogens with zero attached hydrogens (tertiary/aromatic N) is 1. The van der Waals surface area contributed by atoms with Gasteiger partial charge < -0.3 is 38.4 Å². The van der Waals surface area contributed by atoms with Gasteiger partial charge in [-0.15, -0.1) is 0 Å². The van der Waals surface area contributed by atoms with Crippen LogP contribution in [0.5, 0.6) is 23.0 Å². The number of hydrogen-bond donors (Lipinski definition) is 1. The Kier molecular flexibility index (Phi) is 4.99. The van der Waals surface area contributed by atoms with Gasteiger partial charge in [-0.1, -0.05) is 6.07 Å². The van der Waals surface area contributed by atoms with Crippen molar-refractivity contribution in [3.63, 3.8) is 0 Å². The third-order valence-corrected chi connectivity index (χ3v) is 7.35. The number of amides is 1. The Hall–Kier alpha value is -3.22. The Morgan fingerprint density at radius 1 is 1.08 bits per heavy atom. The first-order valence-electron chi connectivity index (χ1n) is 11.5. The number of carbonyl (C=O) groups is 1. The lowest BCUT2D eigenvalue weighted by atomic mass is 9.65. The largest absolute Gasteiger partial charge is 0.493 e. The molecule has 0 aromatic heterocycles. The van der Waals surface area contributed by atoms with Crippen molar-refractivity contribution in [1.82, 2.24) is 4.90 Å². The molecule has 6 rings (SSSR count). The normalized spacial score (nSPS) is 28.6. The molecule has 12 heteroatoms. The smallest absolute Gasteiger partial charge is 0.471 e. The van der Waals surface area contributed by atoms with E-state index in [9.17, 15) is 23.1 Å².